The van der Waals surface area contributed by atoms with Gasteiger partial charge in [0.25, 0.3) is 0 Å². The highest BCUT2D eigenvalue weighted by Crippen LogP contribution is 2.19. The molecular formula is C13H14INO. The van der Waals surface area contributed by atoms with Crippen molar-refractivity contribution < 1.29 is 4.42 Å². The second kappa shape index (κ2) is 4.91. The standard InChI is InChI=1S/C13H14INO/c1-9-5-6-16-13(9)8-15-12-4-3-11(14)7-10(12)2/h3-7,15H,8H2,1-2H3. The van der Waals surface area contributed by atoms with E-state index in [0.29, 0.717) is 0 Å². The predicted molar refractivity (Wildman–Crippen MR) is 74.7 cm³/mol. The molecule has 1 aromatic carbocycles. The van der Waals surface area contributed by atoms with Crippen molar-refractivity contribution in [1.29, 1.82) is 0 Å². The van der Waals surface area contributed by atoms with Gasteiger partial charge in [-0.15, -0.1) is 0 Å². The minimum Gasteiger partial charge on any atom is -0.467 e. The van der Waals surface area contributed by atoms with E-state index in [4.69, 9.17) is 4.42 Å². The number of hydrogen-bond donors (Lipinski definition) is 1. The monoisotopic (exact) mass is 327 g/mol. The first-order valence-corrected chi connectivity index (χ1v) is 6.27. The Kier molecular flexibility index (Phi) is 3.53. The number of anilines is 1. The molecule has 84 valence electrons. The van der Waals surface area contributed by atoms with Gasteiger partial charge in [0.05, 0.1) is 12.8 Å². The van der Waals surface area contributed by atoms with Gasteiger partial charge in [0.1, 0.15) is 5.76 Å². The summed E-state index contributed by atoms with van der Waals surface area (Å²) in [5.74, 6) is 0.998. The summed E-state index contributed by atoms with van der Waals surface area (Å²) in [5, 5.41) is 3.39. The normalized spacial score (nSPS) is 10.4. The van der Waals surface area contributed by atoms with Crippen LogP contribution in [0.2, 0.25) is 0 Å². The summed E-state index contributed by atoms with van der Waals surface area (Å²) >= 11 is 2.32. The zero-order valence-electron chi connectivity index (χ0n) is 9.38. The Morgan fingerprint density at radius 3 is 2.62 bits per heavy atom. The average molecular weight is 327 g/mol. The van der Waals surface area contributed by atoms with Crippen LogP contribution < -0.4 is 5.32 Å². The van der Waals surface area contributed by atoms with Gasteiger partial charge in [0.15, 0.2) is 0 Å². The molecule has 2 nitrogen and oxygen atoms in total. The van der Waals surface area contributed by atoms with E-state index < -0.39 is 0 Å². The highest BCUT2D eigenvalue weighted by molar-refractivity contribution is 14.1. The van der Waals surface area contributed by atoms with Gasteiger partial charge in [0, 0.05) is 9.26 Å². The van der Waals surface area contributed by atoms with Crippen molar-refractivity contribution in [3.8, 4) is 0 Å². The summed E-state index contributed by atoms with van der Waals surface area (Å²) in [6, 6.07) is 8.36. The van der Waals surface area contributed by atoms with Crippen molar-refractivity contribution in [2.24, 2.45) is 0 Å². The summed E-state index contributed by atoms with van der Waals surface area (Å²) in [4.78, 5) is 0. The minimum atomic E-state index is 0.736. The van der Waals surface area contributed by atoms with Crippen LogP contribution in [0.1, 0.15) is 16.9 Å². The molecule has 16 heavy (non-hydrogen) atoms. The quantitative estimate of drug-likeness (QED) is 0.858. The number of benzene rings is 1. The van der Waals surface area contributed by atoms with Crippen LogP contribution >= 0.6 is 22.6 Å². The molecule has 3 heteroatoms. The largest absolute Gasteiger partial charge is 0.467 e. The van der Waals surface area contributed by atoms with Gasteiger partial charge in [-0.1, -0.05) is 0 Å². The third-order valence-electron chi connectivity index (χ3n) is 2.60. The number of halogens is 1. The smallest absolute Gasteiger partial charge is 0.125 e. The van der Waals surface area contributed by atoms with Crippen molar-refractivity contribution in [3.05, 3.63) is 51.0 Å². The fraction of sp³-hybridized carbons (Fsp3) is 0.231. The van der Waals surface area contributed by atoms with Crippen LogP contribution in [0.15, 0.2) is 34.9 Å². The Labute approximate surface area is 109 Å². The number of aryl methyl sites for hydroxylation is 2. The molecule has 0 radical (unpaired) electrons. The molecule has 2 rings (SSSR count). The second-order valence-corrected chi connectivity index (χ2v) is 5.09. The van der Waals surface area contributed by atoms with E-state index in [1.807, 2.05) is 6.07 Å². The molecular weight excluding hydrogens is 313 g/mol. The first kappa shape index (κ1) is 11.5. The fourth-order valence-corrected chi connectivity index (χ4v) is 2.23. The maximum Gasteiger partial charge on any atom is 0.125 e. The highest BCUT2D eigenvalue weighted by Gasteiger charge is 2.03. The van der Waals surface area contributed by atoms with Crippen molar-refractivity contribution in [2.45, 2.75) is 20.4 Å². The van der Waals surface area contributed by atoms with Crippen molar-refractivity contribution in [2.75, 3.05) is 5.32 Å². The number of furan rings is 1. The molecule has 0 unspecified atom stereocenters. The van der Waals surface area contributed by atoms with Crippen LogP contribution in [0.25, 0.3) is 0 Å². The lowest BCUT2D eigenvalue weighted by molar-refractivity contribution is 0.515. The Hall–Kier alpha value is -0.970. The molecule has 0 saturated carbocycles. The Balaban J connectivity index is 2.08. The van der Waals surface area contributed by atoms with E-state index in [2.05, 4.69) is 60.0 Å². The van der Waals surface area contributed by atoms with Gasteiger partial charge in [-0.3, -0.25) is 0 Å². The second-order valence-electron chi connectivity index (χ2n) is 3.84. The van der Waals surface area contributed by atoms with E-state index in [9.17, 15) is 0 Å². The number of hydrogen-bond acceptors (Lipinski definition) is 2. The van der Waals surface area contributed by atoms with Gasteiger partial charge in [-0.25, -0.2) is 0 Å². The highest BCUT2D eigenvalue weighted by atomic mass is 127. The summed E-state index contributed by atoms with van der Waals surface area (Å²) in [7, 11) is 0. The maximum atomic E-state index is 5.39. The topological polar surface area (TPSA) is 25.2 Å². The number of rotatable bonds is 3. The Morgan fingerprint density at radius 2 is 2.00 bits per heavy atom. The molecule has 0 amide bonds. The zero-order valence-corrected chi connectivity index (χ0v) is 11.5. The molecule has 1 aromatic heterocycles. The van der Waals surface area contributed by atoms with Crippen LogP contribution in [0.3, 0.4) is 0 Å². The average Bonchev–Trinajstić information content (AvgIpc) is 2.63. The van der Waals surface area contributed by atoms with Gasteiger partial charge in [-0.2, -0.15) is 0 Å². The van der Waals surface area contributed by atoms with E-state index in [0.717, 1.165) is 18.0 Å². The van der Waals surface area contributed by atoms with Crippen molar-refractivity contribution in [1.82, 2.24) is 0 Å². The van der Waals surface area contributed by atoms with Gasteiger partial charge < -0.3 is 9.73 Å². The van der Waals surface area contributed by atoms with Crippen LogP contribution in [-0.2, 0) is 6.54 Å². The fourth-order valence-electron chi connectivity index (χ4n) is 1.59. The summed E-state index contributed by atoms with van der Waals surface area (Å²) in [5.41, 5.74) is 3.61. The third-order valence-corrected chi connectivity index (χ3v) is 3.27. The van der Waals surface area contributed by atoms with Crippen LogP contribution in [-0.4, -0.2) is 0 Å². The first-order valence-electron chi connectivity index (χ1n) is 5.20. The molecule has 0 spiro atoms. The minimum absolute atomic E-state index is 0.736. The summed E-state index contributed by atoms with van der Waals surface area (Å²) < 4.78 is 6.64. The van der Waals surface area contributed by atoms with Gasteiger partial charge in [0.2, 0.25) is 0 Å². The first-order chi connectivity index (χ1) is 7.66. The molecule has 0 atom stereocenters. The lowest BCUT2D eigenvalue weighted by atomic mass is 10.2. The summed E-state index contributed by atoms with van der Waals surface area (Å²) in [6.07, 6.45) is 1.73. The molecule has 0 aliphatic carbocycles. The molecule has 1 N–H and O–H groups in total. The molecule has 0 fully saturated rings. The van der Waals surface area contributed by atoms with Crippen molar-refractivity contribution in [3.63, 3.8) is 0 Å². The molecule has 0 aliphatic heterocycles. The van der Waals surface area contributed by atoms with Gasteiger partial charge in [-0.05, 0) is 71.8 Å². The van der Waals surface area contributed by atoms with Gasteiger partial charge >= 0.3 is 0 Å². The zero-order chi connectivity index (χ0) is 11.5. The van der Waals surface area contributed by atoms with E-state index in [1.165, 1.54) is 14.7 Å². The van der Waals surface area contributed by atoms with Crippen LogP contribution in [0.5, 0.6) is 0 Å². The SMILES string of the molecule is Cc1cc(I)ccc1NCc1occc1C. The molecule has 2 aromatic rings. The van der Waals surface area contributed by atoms with E-state index >= 15 is 0 Å². The predicted octanol–water partition coefficient (Wildman–Crippen LogP) is 4.11. The Morgan fingerprint density at radius 1 is 1.19 bits per heavy atom. The number of nitrogens with one attached hydrogen (secondary N) is 1. The van der Waals surface area contributed by atoms with Crippen LogP contribution in [0, 0.1) is 17.4 Å². The van der Waals surface area contributed by atoms with E-state index in [-0.39, 0.29) is 0 Å². The summed E-state index contributed by atoms with van der Waals surface area (Å²) in [6.45, 7) is 4.90. The lowest BCUT2D eigenvalue weighted by Gasteiger charge is -2.08. The molecule has 0 saturated heterocycles. The Bertz CT molecular complexity index is 490. The maximum absolute atomic E-state index is 5.39. The lowest BCUT2D eigenvalue weighted by Crippen LogP contribution is -2.01. The van der Waals surface area contributed by atoms with Crippen LogP contribution in [0.4, 0.5) is 5.69 Å². The third kappa shape index (κ3) is 2.58. The van der Waals surface area contributed by atoms with Crippen molar-refractivity contribution >= 4 is 28.3 Å². The molecule has 0 aliphatic rings. The van der Waals surface area contributed by atoms with E-state index in [1.54, 1.807) is 6.26 Å². The molecule has 1 heterocycles. The molecule has 0 bridgehead atoms.